The van der Waals surface area contributed by atoms with Gasteiger partial charge >= 0.3 is 5.97 Å². The fraction of sp³-hybridized carbons (Fsp3) is 0.359. The van der Waals surface area contributed by atoms with Gasteiger partial charge in [0.2, 0.25) is 0 Å². The van der Waals surface area contributed by atoms with Gasteiger partial charge in [-0.1, -0.05) is 39.0 Å². The maximum Gasteiger partial charge on any atom is 0.348 e. The second kappa shape index (κ2) is 13.7. The van der Waals surface area contributed by atoms with Crippen molar-refractivity contribution in [1.82, 2.24) is 0 Å². The molecule has 3 aromatic carbocycles. The minimum Gasteiger partial charge on any atom is -0.493 e. The minimum atomic E-state index is -0.202. The quantitative estimate of drug-likeness (QED) is 0.0682. The first-order valence-corrected chi connectivity index (χ1v) is 20.0. The van der Waals surface area contributed by atoms with Crippen molar-refractivity contribution < 1.29 is 19.0 Å². The van der Waals surface area contributed by atoms with E-state index < -0.39 is 0 Å². The van der Waals surface area contributed by atoms with Crippen LogP contribution in [0.5, 0.6) is 11.5 Å². The van der Waals surface area contributed by atoms with Crippen molar-refractivity contribution in [2.45, 2.75) is 73.1 Å². The highest BCUT2D eigenvalue weighted by molar-refractivity contribution is 7.31. The van der Waals surface area contributed by atoms with Crippen LogP contribution >= 0.6 is 45.3 Å². The third kappa shape index (κ3) is 6.14. The molecule has 0 saturated heterocycles. The molecule has 7 rings (SSSR count). The van der Waals surface area contributed by atoms with E-state index in [0.29, 0.717) is 24.7 Å². The van der Waals surface area contributed by atoms with Crippen molar-refractivity contribution >= 4 is 103 Å². The number of rotatable bonds is 13. The van der Waals surface area contributed by atoms with E-state index in [1.165, 1.54) is 70.1 Å². The van der Waals surface area contributed by atoms with Gasteiger partial charge in [-0.05, 0) is 87.4 Å². The summed E-state index contributed by atoms with van der Waals surface area (Å²) in [7, 11) is 0. The normalized spacial score (nSPS) is 11.9. The van der Waals surface area contributed by atoms with Crippen LogP contribution in [0.2, 0.25) is 0 Å². The molecule has 0 fully saturated rings. The van der Waals surface area contributed by atoms with E-state index in [0.717, 1.165) is 51.3 Å². The first kappa shape index (κ1) is 32.4. The smallest absolute Gasteiger partial charge is 0.348 e. The number of carbonyl (C=O) groups excluding carboxylic acids is 1. The molecule has 0 N–H and O–H groups in total. The van der Waals surface area contributed by atoms with Gasteiger partial charge in [-0.3, -0.25) is 0 Å². The number of hydrogen-bond donors (Lipinski definition) is 0. The van der Waals surface area contributed by atoms with Gasteiger partial charge in [0, 0.05) is 51.0 Å². The zero-order chi connectivity index (χ0) is 32.7. The Morgan fingerprint density at radius 3 is 1.94 bits per heavy atom. The van der Waals surface area contributed by atoms with Gasteiger partial charge in [0.15, 0.2) is 0 Å². The van der Waals surface area contributed by atoms with Gasteiger partial charge in [-0.15, -0.1) is 45.3 Å². The van der Waals surface area contributed by atoms with Crippen molar-refractivity contribution in [1.29, 1.82) is 0 Å². The number of benzene rings is 3. The van der Waals surface area contributed by atoms with Crippen molar-refractivity contribution in [2.75, 3.05) is 19.8 Å². The molecule has 0 aliphatic carbocycles. The van der Waals surface area contributed by atoms with E-state index in [4.69, 9.17) is 14.2 Å². The standard InChI is InChI=1S/C39H40O4S4/c1-6-9-10-11-12-13-14-43-39(40)34-19-26-23(5)45-38(37(26)47-34)33-18-25-17-28-30(21-32(25)46-33)35(41-7-2)27-16-24-15-22(4)44-31(24)20-29(27)36(28)42-8-3/h15-21H,6-14H2,1-5H3. The van der Waals surface area contributed by atoms with Crippen molar-refractivity contribution in [3.63, 3.8) is 0 Å². The number of esters is 1. The maximum atomic E-state index is 13.0. The Kier molecular flexibility index (Phi) is 9.47. The molecule has 4 aromatic heterocycles. The van der Waals surface area contributed by atoms with Gasteiger partial charge in [-0.25, -0.2) is 4.79 Å². The summed E-state index contributed by atoms with van der Waals surface area (Å²) in [5.74, 6) is 1.63. The third-order valence-corrected chi connectivity index (χ3v) is 13.4. The summed E-state index contributed by atoms with van der Waals surface area (Å²) in [6.45, 7) is 12.3. The summed E-state index contributed by atoms with van der Waals surface area (Å²) in [5, 5.41) is 7.91. The number of fused-ring (bicyclic) bond motifs is 5. The highest BCUT2D eigenvalue weighted by Gasteiger charge is 2.22. The zero-order valence-corrected chi connectivity index (χ0v) is 30.9. The number of ether oxygens (including phenoxy) is 3. The Morgan fingerprint density at radius 1 is 0.638 bits per heavy atom. The SMILES string of the molecule is CCCCCCCCOC(=O)c1cc2c(C)sc(-c3cc4cc5c(OCC)c6cc7sc(C)cc7cc6c(OCC)c5cc4s3)c2s1. The summed E-state index contributed by atoms with van der Waals surface area (Å²) in [6, 6.07) is 15.7. The molecule has 244 valence electrons. The number of carbonyl (C=O) groups is 1. The highest BCUT2D eigenvalue weighted by Crippen LogP contribution is 2.50. The summed E-state index contributed by atoms with van der Waals surface area (Å²) < 4.78 is 22.2. The Labute approximate surface area is 291 Å². The molecule has 0 saturated carbocycles. The molecule has 0 unspecified atom stereocenters. The fourth-order valence-electron chi connectivity index (χ4n) is 6.52. The first-order chi connectivity index (χ1) is 22.9. The number of thiophene rings is 4. The Balaban J connectivity index is 1.28. The minimum absolute atomic E-state index is 0.202. The zero-order valence-electron chi connectivity index (χ0n) is 27.7. The Bertz CT molecular complexity index is 2150. The molecular formula is C39H40O4S4. The van der Waals surface area contributed by atoms with Gasteiger partial charge in [-0.2, -0.15) is 0 Å². The molecule has 0 aliphatic heterocycles. The number of hydrogen-bond acceptors (Lipinski definition) is 8. The molecule has 4 nitrogen and oxygen atoms in total. The maximum absolute atomic E-state index is 13.0. The van der Waals surface area contributed by atoms with E-state index in [2.05, 4.69) is 57.2 Å². The summed E-state index contributed by atoms with van der Waals surface area (Å²) in [4.78, 5) is 18.6. The number of aryl methyl sites for hydroxylation is 2. The fourth-order valence-corrected chi connectivity index (χ4v) is 11.1. The lowest BCUT2D eigenvalue weighted by Gasteiger charge is -2.17. The van der Waals surface area contributed by atoms with E-state index >= 15 is 0 Å². The van der Waals surface area contributed by atoms with E-state index in [-0.39, 0.29) is 5.97 Å². The molecular weight excluding hydrogens is 661 g/mol. The summed E-state index contributed by atoms with van der Waals surface area (Å²) in [6.07, 6.45) is 7.03. The molecule has 47 heavy (non-hydrogen) atoms. The van der Waals surface area contributed by atoms with Gasteiger partial charge < -0.3 is 14.2 Å². The first-order valence-electron chi connectivity index (χ1n) is 16.7. The second-order valence-electron chi connectivity index (χ2n) is 12.1. The van der Waals surface area contributed by atoms with E-state index in [1.807, 2.05) is 31.3 Å². The van der Waals surface area contributed by atoms with Crippen molar-refractivity contribution in [3.05, 3.63) is 57.1 Å². The Morgan fingerprint density at radius 2 is 1.26 bits per heavy atom. The average Bonchev–Trinajstić information content (AvgIpc) is 3.83. The molecule has 7 aromatic rings. The van der Waals surface area contributed by atoms with Gasteiger partial charge in [0.25, 0.3) is 0 Å². The van der Waals surface area contributed by atoms with E-state index in [1.54, 1.807) is 34.0 Å². The van der Waals surface area contributed by atoms with Crippen molar-refractivity contribution in [3.8, 4) is 21.3 Å². The van der Waals surface area contributed by atoms with Crippen LogP contribution in [-0.2, 0) is 4.74 Å². The second-order valence-corrected chi connectivity index (χ2v) is 16.8. The van der Waals surface area contributed by atoms with Crippen LogP contribution in [0.1, 0.15) is 78.7 Å². The molecule has 0 bridgehead atoms. The molecule has 0 aliphatic rings. The van der Waals surface area contributed by atoms with Crippen LogP contribution in [0, 0.1) is 13.8 Å². The largest absolute Gasteiger partial charge is 0.493 e. The van der Waals surface area contributed by atoms with Crippen LogP contribution in [0.25, 0.3) is 61.6 Å². The highest BCUT2D eigenvalue weighted by atomic mass is 32.1. The van der Waals surface area contributed by atoms with Crippen molar-refractivity contribution in [2.24, 2.45) is 0 Å². The molecule has 0 radical (unpaired) electrons. The van der Waals surface area contributed by atoms with Crippen LogP contribution in [0.4, 0.5) is 0 Å². The Hall–Kier alpha value is -3.17. The van der Waals surface area contributed by atoms with Crippen LogP contribution < -0.4 is 9.47 Å². The van der Waals surface area contributed by atoms with Crippen LogP contribution in [0.15, 0.2) is 42.5 Å². The van der Waals surface area contributed by atoms with Gasteiger partial charge in [0.05, 0.1) is 29.4 Å². The lowest BCUT2D eigenvalue weighted by molar-refractivity contribution is 0.0503. The third-order valence-electron chi connectivity index (χ3n) is 8.72. The van der Waals surface area contributed by atoms with Crippen LogP contribution in [-0.4, -0.2) is 25.8 Å². The van der Waals surface area contributed by atoms with Gasteiger partial charge in [0.1, 0.15) is 16.4 Å². The lowest BCUT2D eigenvalue weighted by atomic mass is 9.98. The molecule has 0 amide bonds. The molecule has 4 heterocycles. The monoisotopic (exact) mass is 700 g/mol. The van der Waals surface area contributed by atoms with E-state index in [9.17, 15) is 4.79 Å². The molecule has 0 atom stereocenters. The summed E-state index contributed by atoms with van der Waals surface area (Å²) >= 11 is 6.98. The molecule has 8 heteroatoms. The predicted octanol–water partition coefficient (Wildman–Crippen LogP) is 13.3. The topological polar surface area (TPSA) is 44.8 Å². The summed E-state index contributed by atoms with van der Waals surface area (Å²) in [5.41, 5.74) is 0. The predicted molar refractivity (Wildman–Crippen MR) is 206 cm³/mol. The average molecular weight is 701 g/mol. The van der Waals surface area contributed by atoms with Crippen LogP contribution in [0.3, 0.4) is 0 Å². The number of unbranched alkanes of at least 4 members (excludes halogenated alkanes) is 5. The lowest BCUT2D eigenvalue weighted by Crippen LogP contribution is -2.04. The molecule has 0 spiro atoms.